The fraction of sp³-hybridized carbons (Fsp3) is 0.400. The summed E-state index contributed by atoms with van der Waals surface area (Å²) in [7, 11) is 1.80. The lowest BCUT2D eigenvalue weighted by Crippen LogP contribution is -2.48. The number of pyridine rings is 2. The van der Waals surface area contributed by atoms with E-state index in [2.05, 4.69) is 27.3 Å². The summed E-state index contributed by atoms with van der Waals surface area (Å²) in [6.07, 6.45) is 2.93. The fourth-order valence-corrected chi connectivity index (χ4v) is 6.38. The second-order valence-corrected chi connectivity index (χ2v) is 10.7. The van der Waals surface area contributed by atoms with Crippen molar-refractivity contribution in [2.75, 3.05) is 19.6 Å². The van der Waals surface area contributed by atoms with Gasteiger partial charge in [0.05, 0.1) is 39.6 Å². The summed E-state index contributed by atoms with van der Waals surface area (Å²) in [6, 6.07) is 9.44. The third-order valence-electron chi connectivity index (χ3n) is 7.36. The molecule has 0 aliphatic carbocycles. The number of fused-ring (bicyclic) bond motifs is 1. The Hall–Kier alpha value is -2.92. The van der Waals surface area contributed by atoms with E-state index in [4.69, 9.17) is 0 Å². The van der Waals surface area contributed by atoms with Gasteiger partial charge in [0.2, 0.25) is 0 Å². The Bertz CT molecular complexity index is 1570. The number of piperidine rings is 1. The van der Waals surface area contributed by atoms with Crippen molar-refractivity contribution in [3.8, 4) is 0 Å². The molecule has 0 unspecified atom stereocenters. The van der Waals surface area contributed by atoms with Gasteiger partial charge in [0.15, 0.2) is 0 Å². The first kappa shape index (κ1) is 22.5. The van der Waals surface area contributed by atoms with Crippen molar-refractivity contribution in [1.82, 2.24) is 24.3 Å². The van der Waals surface area contributed by atoms with Gasteiger partial charge in [-0.2, -0.15) is 0 Å². The minimum absolute atomic E-state index is 0.0346. The summed E-state index contributed by atoms with van der Waals surface area (Å²) < 4.78 is 18.9. The van der Waals surface area contributed by atoms with E-state index >= 15 is 0 Å². The Morgan fingerprint density at radius 3 is 2.83 bits per heavy atom. The van der Waals surface area contributed by atoms with E-state index < -0.39 is 11.4 Å². The van der Waals surface area contributed by atoms with E-state index in [-0.39, 0.29) is 29.1 Å². The molecule has 10 heteroatoms. The van der Waals surface area contributed by atoms with E-state index in [9.17, 15) is 19.1 Å². The molecule has 0 radical (unpaired) electrons. The van der Waals surface area contributed by atoms with Crippen LogP contribution in [0.4, 0.5) is 4.39 Å². The molecule has 5 heterocycles. The van der Waals surface area contributed by atoms with E-state index in [0.29, 0.717) is 23.6 Å². The summed E-state index contributed by atoms with van der Waals surface area (Å²) in [5, 5.41) is 15.1. The molecule has 35 heavy (non-hydrogen) atoms. The van der Waals surface area contributed by atoms with E-state index in [1.807, 2.05) is 6.07 Å². The van der Waals surface area contributed by atoms with Crippen molar-refractivity contribution in [3.63, 3.8) is 0 Å². The van der Waals surface area contributed by atoms with Crippen LogP contribution in [0.25, 0.3) is 21.3 Å². The average molecular weight is 496 g/mol. The zero-order valence-corrected chi connectivity index (χ0v) is 20.1. The van der Waals surface area contributed by atoms with Crippen LogP contribution in [0.2, 0.25) is 0 Å². The number of rotatable bonds is 5. The molecule has 2 N–H and O–H groups in total. The van der Waals surface area contributed by atoms with Crippen molar-refractivity contribution < 1.29 is 9.50 Å². The van der Waals surface area contributed by atoms with Crippen LogP contribution in [0.1, 0.15) is 24.0 Å². The highest BCUT2D eigenvalue weighted by Crippen LogP contribution is 2.38. The molecular weight excluding hydrogens is 469 g/mol. The normalized spacial score (nSPS) is 20.9. The lowest BCUT2D eigenvalue weighted by atomic mass is 9.93. The summed E-state index contributed by atoms with van der Waals surface area (Å²) in [5.74, 6) is -0.575. The number of thiazole rings is 1. The number of nitrogens with one attached hydrogen (secondary N) is 1. The summed E-state index contributed by atoms with van der Waals surface area (Å²) in [6.45, 7) is 2.54. The molecule has 0 saturated carbocycles. The van der Waals surface area contributed by atoms with Crippen LogP contribution >= 0.6 is 11.3 Å². The first-order valence-corrected chi connectivity index (χ1v) is 12.6. The van der Waals surface area contributed by atoms with Crippen LogP contribution in [-0.4, -0.2) is 49.8 Å². The maximum Gasteiger partial charge on any atom is 0.307 e. The summed E-state index contributed by atoms with van der Waals surface area (Å²) in [5.41, 5.74) is 1.46. The van der Waals surface area contributed by atoms with Crippen molar-refractivity contribution in [2.24, 2.45) is 7.05 Å². The van der Waals surface area contributed by atoms with Crippen LogP contribution < -0.4 is 15.7 Å². The van der Waals surface area contributed by atoms with Crippen LogP contribution in [0.15, 0.2) is 46.1 Å². The maximum atomic E-state index is 14.8. The van der Waals surface area contributed by atoms with Crippen molar-refractivity contribution in [2.45, 2.75) is 37.6 Å². The molecule has 1 atom stereocenters. The SMILES string of the molecule is Cn1c(=O)sc2ccc(CNC3CCN(C[C@]4(O)Cn5c(=O)ccc6ncc(F)c4c65)CC3)cc21. The average Bonchev–Trinajstić information content (AvgIpc) is 3.32. The first-order chi connectivity index (χ1) is 16.8. The molecule has 4 aromatic rings. The van der Waals surface area contributed by atoms with Crippen LogP contribution in [-0.2, 0) is 25.7 Å². The molecule has 1 saturated heterocycles. The summed E-state index contributed by atoms with van der Waals surface area (Å²) >= 11 is 1.26. The Morgan fingerprint density at radius 1 is 1.23 bits per heavy atom. The van der Waals surface area contributed by atoms with Gasteiger partial charge in [0, 0.05) is 32.2 Å². The number of hydrogen-bond donors (Lipinski definition) is 2. The van der Waals surface area contributed by atoms with E-state index in [1.54, 1.807) is 17.7 Å². The van der Waals surface area contributed by atoms with Gasteiger partial charge in [-0.1, -0.05) is 17.4 Å². The van der Waals surface area contributed by atoms with Crippen LogP contribution in [0.5, 0.6) is 0 Å². The van der Waals surface area contributed by atoms with Gasteiger partial charge >= 0.3 is 4.87 Å². The number of benzene rings is 1. The number of hydrogen-bond acceptors (Lipinski definition) is 7. The molecule has 2 aliphatic rings. The van der Waals surface area contributed by atoms with Gasteiger partial charge in [-0.25, -0.2) is 4.39 Å². The van der Waals surface area contributed by atoms with Gasteiger partial charge in [0.1, 0.15) is 11.4 Å². The zero-order valence-electron chi connectivity index (χ0n) is 19.3. The van der Waals surface area contributed by atoms with Crippen LogP contribution in [0.3, 0.4) is 0 Å². The number of aryl methyl sites for hydroxylation is 1. The van der Waals surface area contributed by atoms with Gasteiger partial charge in [-0.05, 0) is 49.7 Å². The predicted octanol–water partition coefficient (Wildman–Crippen LogP) is 1.90. The van der Waals surface area contributed by atoms with E-state index in [0.717, 1.165) is 47.9 Å². The van der Waals surface area contributed by atoms with E-state index in [1.165, 1.54) is 22.0 Å². The predicted molar refractivity (Wildman–Crippen MR) is 133 cm³/mol. The smallest absolute Gasteiger partial charge is 0.307 e. The molecule has 182 valence electrons. The maximum absolute atomic E-state index is 14.8. The monoisotopic (exact) mass is 495 g/mol. The first-order valence-electron chi connectivity index (χ1n) is 11.8. The van der Waals surface area contributed by atoms with Crippen molar-refractivity contribution in [1.29, 1.82) is 0 Å². The minimum Gasteiger partial charge on any atom is -0.382 e. The molecule has 1 aromatic carbocycles. The van der Waals surface area contributed by atoms with Gasteiger partial charge in [-0.3, -0.25) is 19.5 Å². The highest BCUT2D eigenvalue weighted by atomic mass is 32.1. The molecule has 2 aliphatic heterocycles. The number of aromatic nitrogens is 3. The topological polar surface area (TPSA) is 92.4 Å². The Morgan fingerprint density at radius 2 is 2.03 bits per heavy atom. The molecule has 8 nitrogen and oxygen atoms in total. The minimum atomic E-state index is -1.47. The number of likely N-dealkylation sites (tertiary alicyclic amines) is 1. The standard InChI is InChI=1S/C25H26FN5O3S/c1-29-19-10-15(2-4-20(19)35-24(29)33)11-27-16-6-8-30(9-7-16)13-25(34)14-31-21(32)5-3-18-23(31)22(25)17(26)12-28-18/h2-5,10,12,16,27,34H,6-9,11,13-14H2,1H3/t25-/m0/s1. The molecule has 0 spiro atoms. The Kier molecular flexibility index (Phi) is 5.37. The second kappa shape index (κ2) is 8.34. The highest BCUT2D eigenvalue weighted by Gasteiger charge is 2.43. The molecule has 0 amide bonds. The lowest BCUT2D eigenvalue weighted by Gasteiger charge is -2.37. The largest absolute Gasteiger partial charge is 0.382 e. The molecule has 6 rings (SSSR count). The van der Waals surface area contributed by atoms with Crippen molar-refractivity contribution >= 4 is 32.6 Å². The number of aliphatic hydroxyl groups is 1. The van der Waals surface area contributed by atoms with Gasteiger partial charge in [0.25, 0.3) is 5.56 Å². The third-order valence-corrected chi connectivity index (χ3v) is 8.38. The number of nitrogens with zero attached hydrogens (tertiary/aromatic N) is 4. The zero-order chi connectivity index (χ0) is 24.3. The fourth-order valence-electron chi connectivity index (χ4n) is 5.52. The number of β-amino-alcohol motifs (C(OH)–C–C–N with tert-alkyl or cyclic N) is 1. The van der Waals surface area contributed by atoms with Gasteiger partial charge < -0.3 is 19.6 Å². The number of halogens is 1. The van der Waals surface area contributed by atoms with Gasteiger partial charge in [-0.15, -0.1) is 0 Å². The summed E-state index contributed by atoms with van der Waals surface area (Å²) in [4.78, 5) is 30.5. The quantitative estimate of drug-likeness (QED) is 0.440. The molecule has 1 fully saturated rings. The molecule has 0 bridgehead atoms. The Labute approximate surface area is 204 Å². The third kappa shape index (κ3) is 3.81. The highest BCUT2D eigenvalue weighted by molar-refractivity contribution is 7.16. The Balaban J connectivity index is 1.11. The van der Waals surface area contributed by atoms with Crippen molar-refractivity contribution in [3.05, 3.63) is 73.5 Å². The molecular formula is C25H26FN5O3S. The van der Waals surface area contributed by atoms with Crippen LogP contribution in [0, 0.1) is 5.82 Å². The second-order valence-electron chi connectivity index (χ2n) is 9.66. The molecule has 3 aromatic heterocycles. The lowest BCUT2D eigenvalue weighted by molar-refractivity contribution is -0.0159.